The molecule has 0 radical (unpaired) electrons. The predicted molar refractivity (Wildman–Crippen MR) is 48.6 cm³/mol. The molecule has 14 heavy (non-hydrogen) atoms. The van der Waals surface area contributed by atoms with Gasteiger partial charge in [-0.25, -0.2) is 0 Å². The molecule has 2 aliphatic heterocycles. The van der Waals surface area contributed by atoms with Crippen LogP contribution in [0.25, 0.3) is 0 Å². The summed E-state index contributed by atoms with van der Waals surface area (Å²) in [7, 11) is 0. The molecule has 3 nitrogen and oxygen atoms in total. The van der Waals surface area contributed by atoms with Gasteiger partial charge in [-0.2, -0.15) is 0 Å². The average molecular weight is 190 g/mol. The molecule has 2 unspecified atom stereocenters. The van der Waals surface area contributed by atoms with Crippen LogP contribution < -0.4 is 9.47 Å². The van der Waals surface area contributed by atoms with Gasteiger partial charge in [0, 0.05) is 12.8 Å². The fourth-order valence-electron chi connectivity index (χ4n) is 2.38. The molecule has 0 bridgehead atoms. The van der Waals surface area contributed by atoms with Crippen LogP contribution in [0.15, 0.2) is 12.1 Å². The van der Waals surface area contributed by atoms with Crippen molar-refractivity contribution in [3.63, 3.8) is 0 Å². The highest BCUT2D eigenvalue weighted by Crippen LogP contribution is 2.42. The summed E-state index contributed by atoms with van der Waals surface area (Å²) in [5.41, 5.74) is 2.74. The zero-order chi connectivity index (χ0) is 9.12. The van der Waals surface area contributed by atoms with E-state index in [2.05, 4.69) is 12.1 Å². The van der Waals surface area contributed by atoms with Gasteiger partial charge in [0.25, 0.3) is 0 Å². The molecule has 1 aromatic rings. The third kappa shape index (κ3) is 0.852. The molecule has 0 saturated carbocycles. The van der Waals surface area contributed by atoms with E-state index in [-0.39, 0.29) is 0 Å². The van der Waals surface area contributed by atoms with Crippen LogP contribution in [0.4, 0.5) is 0 Å². The Labute approximate surface area is 81.6 Å². The molecule has 1 aliphatic carbocycles. The van der Waals surface area contributed by atoms with Crippen LogP contribution in [0.3, 0.4) is 0 Å². The maximum absolute atomic E-state index is 5.51. The number of benzene rings is 1. The average Bonchev–Trinajstić information content (AvgIpc) is 2.77. The van der Waals surface area contributed by atoms with Crippen molar-refractivity contribution < 1.29 is 14.2 Å². The van der Waals surface area contributed by atoms with Crippen molar-refractivity contribution in [3.05, 3.63) is 23.3 Å². The molecule has 0 N–H and O–H groups in total. The molecular weight excluding hydrogens is 180 g/mol. The van der Waals surface area contributed by atoms with E-state index in [0.29, 0.717) is 19.0 Å². The van der Waals surface area contributed by atoms with E-state index in [1.165, 1.54) is 11.1 Å². The highest BCUT2D eigenvalue weighted by molar-refractivity contribution is 5.50. The predicted octanol–water partition coefficient (Wildman–Crippen LogP) is 1.28. The Hall–Kier alpha value is -1.22. The topological polar surface area (TPSA) is 31.0 Å². The van der Waals surface area contributed by atoms with Crippen LogP contribution in [0.5, 0.6) is 11.5 Å². The fraction of sp³-hybridized carbons (Fsp3) is 0.455. The minimum atomic E-state index is 0.363. The van der Waals surface area contributed by atoms with Crippen molar-refractivity contribution in [2.75, 3.05) is 6.79 Å². The van der Waals surface area contributed by atoms with Gasteiger partial charge < -0.3 is 14.2 Å². The number of ether oxygens (including phenoxy) is 3. The van der Waals surface area contributed by atoms with Crippen LogP contribution in [0, 0.1) is 0 Å². The summed E-state index contributed by atoms with van der Waals surface area (Å²) < 4.78 is 16.2. The van der Waals surface area contributed by atoms with E-state index >= 15 is 0 Å². The second kappa shape index (κ2) is 2.23. The molecule has 72 valence electrons. The summed E-state index contributed by atoms with van der Waals surface area (Å²) >= 11 is 0. The number of fused-ring (bicyclic) bond motifs is 3. The molecule has 4 rings (SSSR count). The first-order valence-corrected chi connectivity index (χ1v) is 4.97. The van der Waals surface area contributed by atoms with Gasteiger partial charge in [0.05, 0.1) is 12.2 Å². The van der Waals surface area contributed by atoms with E-state index in [9.17, 15) is 0 Å². The highest BCUT2D eigenvalue weighted by Gasteiger charge is 2.43. The Balaban J connectivity index is 1.85. The van der Waals surface area contributed by atoms with Gasteiger partial charge in [-0.05, 0) is 23.3 Å². The van der Waals surface area contributed by atoms with E-state index in [1.807, 2.05) is 0 Å². The molecule has 3 heteroatoms. The summed E-state index contributed by atoms with van der Waals surface area (Å²) in [6, 6.07) is 4.21. The zero-order valence-corrected chi connectivity index (χ0v) is 7.66. The van der Waals surface area contributed by atoms with Gasteiger partial charge in [-0.3, -0.25) is 0 Å². The first kappa shape index (κ1) is 7.12. The number of hydrogen-bond donors (Lipinski definition) is 0. The summed E-state index contributed by atoms with van der Waals surface area (Å²) in [6.07, 6.45) is 3.03. The van der Waals surface area contributed by atoms with Crippen molar-refractivity contribution in [3.8, 4) is 11.5 Å². The monoisotopic (exact) mass is 190 g/mol. The standard InChI is InChI=1S/C11H10O3/c1-6-3-10-11(14-10)4-7(6)2-9-8(1)12-5-13-9/h1-2,10-11H,3-5H2. The van der Waals surface area contributed by atoms with Gasteiger partial charge in [0.2, 0.25) is 6.79 Å². The first-order valence-electron chi connectivity index (χ1n) is 4.97. The van der Waals surface area contributed by atoms with Crippen molar-refractivity contribution in [1.29, 1.82) is 0 Å². The molecule has 1 saturated heterocycles. The second-order valence-electron chi connectivity index (χ2n) is 4.10. The van der Waals surface area contributed by atoms with Crippen LogP contribution in [0.2, 0.25) is 0 Å². The molecular formula is C11H10O3. The molecule has 1 aromatic carbocycles. The van der Waals surface area contributed by atoms with Crippen LogP contribution in [-0.2, 0) is 17.6 Å². The summed E-state index contributed by atoms with van der Waals surface area (Å²) in [5.74, 6) is 1.78. The van der Waals surface area contributed by atoms with Crippen LogP contribution in [0.1, 0.15) is 11.1 Å². The number of rotatable bonds is 0. The molecule has 0 aromatic heterocycles. The lowest BCUT2D eigenvalue weighted by atomic mass is 9.91. The Kier molecular flexibility index (Phi) is 1.13. The quantitative estimate of drug-likeness (QED) is 0.577. The smallest absolute Gasteiger partial charge is 0.231 e. The Morgan fingerprint density at radius 1 is 0.929 bits per heavy atom. The molecule has 1 fully saturated rings. The minimum Gasteiger partial charge on any atom is -0.454 e. The summed E-state index contributed by atoms with van der Waals surface area (Å²) in [4.78, 5) is 0. The van der Waals surface area contributed by atoms with E-state index in [0.717, 1.165) is 24.3 Å². The maximum Gasteiger partial charge on any atom is 0.231 e. The van der Waals surface area contributed by atoms with Gasteiger partial charge in [-0.15, -0.1) is 0 Å². The number of hydrogen-bond acceptors (Lipinski definition) is 3. The Bertz CT molecular complexity index is 376. The lowest BCUT2D eigenvalue weighted by Crippen LogP contribution is -2.11. The Morgan fingerprint density at radius 3 is 2.07 bits per heavy atom. The molecule has 2 heterocycles. The largest absolute Gasteiger partial charge is 0.454 e. The van der Waals surface area contributed by atoms with Gasteiger partial charge in [0.15, 0.2) is 11.5 Å². The third-order valence-electron chi connectivity index (χ3n) is 3.22. The summed E-state index contributed by atoms with van der Waals surface area (Å²) in [6.45, 7) is 0.363. The van der Waals surface area contributed by atoms with E-state index in [1.54, 1.807) is 0 Å². The van der Waals surface area contributed by atoms with Gasteiger partial charge in [-0.1, -0.05) is 0 Å². The van der Waals surface area contributed by atoms with Crippen molar-refractivity contribution in [1.82, 2.24) is 0 Å². The molecule has 0 spiro atoms. The van der Waals surface area contributed by atoms with E-state index < -0.39 is 0 Å². The SMILES string of the molecule is c1c2c(cc3c1OCO3)CC1OC1C2. The maximum atomic E-state index is 5.51. The normalized spacial score (nSPS) is 30.9. The van der Waals surface area contributed by atoms with Gasteiger partial charge in [0.1, 0.15) is 0 Å². The summed E-state index contributed by atoms with van der Waals surface area (Å²) in [5, 5.41) is 0. The first-order chi connectivity index (χ1) is 6.90. The van der Waals surface area contributed by atoms with Crippen LogP contribution in [-0.4, -0.2) is 19.0 Å². The Morgan fingerprint density at radius 2 is 1.50 bits per heavy atom. The molecule has 0 amide bonds. The molecule has 2 atom stereocenters. The van der Waals surface area contributed by atoms with Crippen molar-refractivity contribution >= 4 is 0 Å². The van der Waals surface area contributed by atoms with Crippen molar-refractivity contribution in [2.24, 2.45) is 0 Å². The zero-order valence-electron chi connectivity index (χ0n) is 7.66. The third-order valence-corrected chi connectivity index (χ3v) is 3.22. The van der Waals surface area contributed by atoms with Crippen molar-refractivity contribution in [2.45, 2.75) is 25.0 Å². The van der Waals surface area contributed by atoms with Gasteiger partial charge >= 0.3 is 0 Å². The highest BCUT2D eigenvalue weighted by atomic mass is 16.7. The lowest BCUT2D eigenvalue weighted by molar-refractivity contribution is 0.174. The van der Waals surface area contributed by atoms with E-state index in [4.69, 9.17) is 14.2 Å². The molecule has 3 aliphatic rings. The van der Waals surface area contributed by atoms with Crippen LogP contribution >= 0.6 is 0 Å². The number of epoxide rings is 1. The fourth-order valence-corrected chi connectivity index (χ4v) is 2.38. The lowest BCUT2D eigenvalue weighted by Gasteiger charge is -2.12. The second-order valence-corrected chi connectivity index (χ2v) is 4.10. The minimum absolute atomic E-state index is 0.363.